The van der Waals surface area contributed by atoms with Crippen LogP contribution in [0.4, 0.5) is 0 Å². The molecule has 98 valence electrons. The molecule has 0 bridgehead atoms. The van der Waals surface area contributed by atoms with Crippen molar-refractivity contribution >= 4 is 23.2 Å². The van der Waals surface area contributed by atoms with E-state index in [0.717, 1.165) is 25.7 Å². The van der Waals surface area contributed by atoms with Crippen molar-refractivity contribution in [3.05, 3.63) is 22.2 Å². The molecule has 1 unspecified atom stereocenters. The van der Waals surface area contributed by atoms with Gasteiger partial charge in [0.15, 0.2) is 0 Å². The molecule has 2 aliphatic rings. The lowest BCUT2D eigenvalue weighted by Gasteiger charge is -2.40. The van der Waals surface area contributed by atoms with Gasteiger partial charge in [0.2, 0.25) is 0 Å². The Morgan fingerprint density at radius 3 is 2.89 bits per heavy atom. The fourth-order valence-corrected chi connectivity index (χ4v) is 3.39. The highest BCUT2D eigenvalue weighted by Gasteiger charge is 2.43. The minimum Gasteiger partial charge on any atom is -0.381 e. The summed E-state index contributed by atoms with van der Waals surface area (Å²) >= 11 is 12.1. The second-order valence-electron chi connectivity index (χ2n) is 5.14. The third-order valence-electron chi connectivity index (χ3n) is 4.14. The Hall–Kier alpha value is -0.490. The molecule has 0 aliphatic heterocycles. The minimum absolute atomic E-state index is 0.149. The number of methoxy groups -OCH3 is 1. The summed E-state index contributed by atoms with van der Waals surface area (Å²) in [6.45, 7) is 0. The molecule has 0 spiro atoms. The first-order chi connectivity index (χ1) is 8.61. The SMILES string of the molecule is CO[C@H]1CCC[C@](C#N)(C2C=CC(Cl)=C(Cl)C2)C1. The maximum Gasteiger partial charge on any atom is 0.0697 e. The Labute approximate surface area is 118 Å². The first-order valence-electron chi connectivity index (χ1n) is 6.27. The molecular formula is C14H17Cl2NO. The van der Waals surface area contributed by atoms with E-state index in [2.05, 4.69) is 6.07 Å². The Bertz CT molecular complexity index is 424. The van der Waals surface area contributed by atoms with E-state index in [0.29, 0.717) is 16.5 Å². The summed E-state index contributed by atoms with van der Waals surface area (Å²) in [5.74, 6) is 0.149. The smallest absolute Gasteiger partial charge is 0.0697 e. The summed E-state index contributed by atoms with van der Waals surface area (Å²) in [5, 5.41) is 10.9. The summed E-state index contributed by atoms with van der Waals surface area (Å²) in [7, 11) is 1.72. The number of rotatable bonds is 2. The first-order valence-corrected chi connectivity index (χ1v) is 7.03. The lowest BCUT2D eigenvalue weighted by Crippen LogP contribution is -2.37. The fraction of sp³-hybridized carbons (Fsp3) is 0.643. The van der Waals surface area contributed by atoms with Gasteiger partial charge in [0.1, 0.15) is 0 Å². The molecule has 2 aliphatic carbocycles. The Morgan fingerprint density at radius 2 is 2.28 bits per heavy atom. The van der Waals surface area contributed by atoms with Crippen molar-refractivity contribution in [2.24, 2.45) is 11.3 Å². The number of nitrogens with zero attached hydrogens (tertiary/aromatic N) is 1. The highest BCUT2D eigenvalue weighted by atomic mass is 35.5. The van der Waals surface area contributed by atoms with Gasteiger partial charge in [-0.1, -0.05) is 29.3 Å². The fourth-order valence-electron chi connectivity index (χ4n) is 3.01. The molecule has 4 heteroatoms. The summed E-state index contributed by atoms with van der Waals surface area (Å²) < 4.78 is 5.44. The van der Waals surface area contributed by atoms with Crippen molar-refractivity contribution < 1.29 is 4.74 Å². The van der Waals surface area contributed by atoms with Crippen molar-refractivity contribution in [2.75, 3.05) is 7.11 Å². The lowest BCUT2D eigenvalue weighted by molar-refractivity contribution is 0.0182. The van der Waals surface area contributed by atoms with Gasteiger partial charge in [-0.2, -0.15) is 5.26 Å². The molecular weight excluding hydrogens is 269 g/mol. The predicted octanol–water partition coefficient (Wildman–Crippen LogP) is 4.35. The third-order valence-corrected chi connectivity index (χ3v) is 4.95. The number of hydrogen-bond acceptors (Lipinski definition) is 2. The Balaban J connectivity index is 2.19. The van der Waals surface area contributed by atoms with Gasteiger partial charge in [-0.05, 0) is 38.2 Å². The monoisotopic (exact) mass is 285 g/mol. The minimum atomic E-state index is -0.354. The zero-order valence-electron chi connectivity index (χ0n) is 10.5. The lowest BCUT2D eigenvalue weighted by atomic mass is 9.64. The van der Waals surface area contributed by atoms with Gasteiger partial charge in [0.05, 0.1) is 22.6 Å². The third kappa shape index (κ3) is 2.59. The van der Waals surface area contributed by atoms with Crippen LogP contribution in [0, 0.1) is 22.7 Å². The maximum absolute atomic E-state index is 9.63. The zero-order valence-corrected chi connectivity index (χ0v) is 12.0. The van der Waals surface area contributed by atoms with E-state index in [1.54, 1.807) is 7.11 Å². The van der Waals surface area contributed by atoms with Crippen LogP contribution in [0.25, 0.3) is 0 Å². The normalized spacial score (nSPS) is 36.6. The van der Waals surface area contributed by atoms with Crippen LogP contribution in [-0.2, 0) is 4.74 Å². The molecule has 2 nitrogen and oxygen atoms in total. The van der Waals surface area contributed by atoms with Crippen molar-refractivity contribution in [3.63, 3.8) is 0 Å². The van der Waals surface area contributed by atoms with Gasteiger partial charge in [-0.25, -0.2) is 0 Å². The molecule has 0 aromatic carbocycles. The van der Waals surface area contributed by atoms with Crippen LogP contribution in [0.5, 0.6) is 0 Å². The van der Waals surface area contributed by atoms with Gasteiger partial charge in [0, 0.05) is 18.1 Å². The van der Waals surface area contributed by atoms with Gasteiger partial charge < -0.3 is 4.74 Å². The molecule has 0 saturated heterocycles. The molecule has 1 fully saturated rings. The van der Waals surface area contributed by atoms with Gasteiger partial charge in [-0.15, -0.1) is 0 Å². The molecule has 3 atom stereocenters. The Morgan fingerprint density at radius 1 is 1.50 bits per heavy atom. The number of nitriles is 1. The molecule has 0 aromatic heterocycles. The van der Waals surface area contributed by atoms with Gasteiger partial charge in [-0.3, -0.25) is 0 Å². The predicted molar refractivity (Wildman–Crippen MR) is 73.3 cm³/mol. The second kappa shape index (κ2) is 5.65. The van der Waals surface area contributed by atoms with Crippen LogP contribution in [-0.4, -0.2) is 13.2 Å². The first kappa shape index (κ1) is 13.9. The average Bonchev–Trinajstić information content (AvgIpc) is 2.41. The zero-order chi connectivity index (χ0) is 13.2. The molecule has 0 heterocycles. The molecule has 2 rings (SSSR count). The van der Waals surface area contributed by atoms with Crippen molar-refractivity contribution in [2.45, 2.75) is 38.2 Å². The van der Waals surface area contributed by atoms with E-state index < -0.39 is 0 Å². The number of allylic oxidation sites excluding steroid dienone is 4. The molecule has 1 saturated carbocycles. The number of hydrogen-bond donors (Lipinski definition) is 0. The topological polar surface area (TPSA) is 33.0 Å². The van der Waals surface area contributed by atoms with Crippen LogP contribution >= 0.6 is 23.2 Å². The van der Waals surface area contributed by atoms with E-state index in [9.17, 15) is 5.26 Å². The molecule has 0 N–H and O–H groups in total. The van der Waals surface area contributed by atoms with Crippen molar-refractivity contribution in [1.82, 2.24) is 0 Å². The summed E-state index contributed by atoms with van der Waals surface area (Å²) in [6, 6.07) is 2.53. The van der Waals surface area contributed by atoms with Crippen LogP contribution in [0.3, 0.4) is 0 Å². The quantitative estimate of drug-likeness (QED) is 0.756. The molecule has 18 heavy (non-hydrogen) atoms. The van der Waals surface area contributed by atoms with E-state index >= 15 is 0 Å². The standard InChI is InChI=1S/C14H17Cl2NO/c1-18-11-3-2-6-14(8-11,9-17)10-4-5-12(15)13(16)7-10/h4-5,10-11H,2-3,6-8H2,1H3/t10?,11-,14-/m0/s1. The van der Waals surface area contributed by atoms with Crippen molar-refractivity contribution in [1.29, 1.82) is 5.26 Å². The van der Waals surface area contributed by atoms with Crippen LogP contribution < -0.4 is 0 Å². The van der Waals surface area contributed by atoms with Crippen molar-refractivity contribution in [3.8, 4) is 6.07 Å². The van der Waals surface area contributed by atoms with E-state index in [1.807, 2.05) is 12.2 Å². The second-order valence-corrected chi connectivity index (χ2v) is 6.01. The van der Waals surface area contributed by atoms with Crippen LogP contribution in [0.1, 0.15) is 32.1 Å². The van der Waals surface area contributed by atoms with Crippen LogP contribution in [0.15, 0.2) is 22.2 Å². The summed E-state index contributed by atoms with van der Waals surface area (Å²) in [6.07, 6.45) is 8.50. The summed E-state index contributed by atoms with van der Waals surface area (Å²) in [5.41, 5.74) is -0.354. The van der Waals surface area contributed by atoms with E-state index in [1.165, 1.54) is 0 Å². The largest absolute Gasteiger partial charge is 0.381 e. The number of halogens is 2. The highest BCUT2D eigenvalue weighted by Crippen LogP contribution is 2.48. The van der Waals surface area contributed by atoms with Crippen LogP contribution in [0.2, 0.25) is 0 Å². The molecule has 0 aromatic rings. The summed E-state index contributed by atoms with van der Waals surface area (Å²) in [4.78, 5) is 0. The van der Waals surface area contributed by atoms with E-state index in [-0.39, 0.29) is 17.4 Å². The van der Waals surface area contributed by atoms with E-state index in [4.69, 9.17) is 27.9 Å². The van der Waals surface area contributed by atoms with Gasteiger partial charge in [0.25, 0.3) is 0 Å². The Kier molecular flexibility index (Phi) is 4.37. The molecule has 0 amide bonds. The maximum atomic E-state index is 9.63. The molecule has 0 radical (unpaired) electrons. The average molecular weight is 286 g/mol. The van der Waals surface area contributed by atoms with Gasteiger partial charge >= 0.3 is 0 Å². The highest BCUT2D eigenvalue weighted by molar-refractivity contribution is 6.40. The number of ether oxygens (including phenoxy) is 1.